The second kappa shape index (κ2) is 9.66. The Morgan fingerprint density at radius 3 is 2.68 bits per heavy atom. The lowest BCUT2D eigenvalue weighted by Crippen LogP contribution is -2.45. The van der Waals surface area contributed by atoms with Gasteiger partial charge in [0.05, 0.1) is 0 Å². The fourth-order valence-electron chi connectivity index (χ4n) is 3.72. The second-order valence-electron chi connectivity index (χ2n) is 6.65. The molecule has 0 aromatic carbocycles. The summed E-state index contributed by atoms with van der Waals surface area (Å²) < 4.78 is 0. The van der Waals surface area contributed by atoms with E-state index in [4.69, 9.17) is 0 Å². The Balaban J connectivity index is 1.63. The van der Waals surface area contributed by atoms with E-state index in [0.29, 0.717) is 6.04 Å². The van der Waals surface area contributed by atoms with E-state index in [1.54, 1.807) is 0 Å². The average Bonchev–Trinajstić information content (AvgIpc) is 3.18. The van der Waals surface area contributed by atoms with Crippen molar-refractivity contribution in [2.24, 2.45) is 4.99 Å². The number of likely N-dealkylation sites (N-methyl/N-ethyl adjacent to an activating group) is 1. The maximum atomic E-state index is 4.39. The molecule has 5 heteroatoms. The van der Waals surface area contributed by atoms with Crippen molar-refractivity contribution in [3.63, 3.8) is 0 Å². The standard InChI is InChI=1S/C17H34N4S/c1-4-22-16-10-9-14(13-16)20-17(18-2)19-11-12-21(3)15-7-5-6-8-15/h14-16H,4-13H2,1-3H3,(H2,18,19,20). The normalized spacial score (nSPS) is 26.8. The first-order valence-electron chi connectivity index (χ1n) is 9.02. The van der Waals surface area contributed by atoms with Crippen molar-refractivity contribution < 1.29 is 0 Å². The van der Waals surface area contributed by atoms with Gasteiger partial charge in [0.15, 0.2) is 5.96 Å². The third-order valence-corrected chi connectivity index (χ3v) is 6.29. The fraction of sp³-hybridized carbons (Fsp3) is 0.941. The van der Waals surface area contributed by atoms with Gasteiger partial charge < -0.3 is 15.5 Å². The highest BCUT2D eigenvalue weighted by Crippen LogP contribution is 2.29. The third-order valence-electron chi connectivity index (χ3n) is 5.06. The van der Waals surface area contributed by atoms with E-state index in [1.807, 2.05) is 7.05 Å². The molecule has 22 heavy (non-hydrogen) atoms. The summed E-state index contributed by atoms with van der Waals surface area (Å²) in [6.07, 6.45) is 9.47. The zero-order valence-corrected chi connectivity index (χ0v) is 15.4. The van der Waals surface area contributed by atoms with Crippen molar-refractivity contribution >= 4 is 17.7 Å². The smallest absolute Gasteiger partial charge is 0.191 e. The molecule has 0 heterocycles. The predicted octanol–water partition coefficient (Wildman–Crippen LogP) is 2.70. The summed E-state index contributed by atoms with van der Waals surface area (Å²) >= 11 is 2.11. The molecule has 2 aliphatic carbocycles. The van der Waals surface area contributed by atoms with E-state index < -0.39 is 0 Å². The minimum absolute atomic E-state index is 0.600. The molecule has 4 nitrogen and oxygen atoms in total. The zero-order valence-electron chi connectivity index (χ0n) is 14.6. The van der Waals surface area contributed by atoms with Gasteiger partial charge in [0.1, 0.15) is 0 Å². The molecule has 2 atom stereocenters. The number of guanidine groups is 1. The maximum Gasteiger partial charge on any atom is 0.191 e. The van der Waals surface area contributed by atoms with Gasteiger partial charge in [-0.15, -0.1) is 0 Å². The summed E-state index contributed by atoms with van der Waals surface area (Å²) in [5, 5.41) is 7.93. The Hall–Kier alpha value is -0.420. The summed E-state index contributed by atoms with van der Waals surface area (Å²) in [6, 6.07) is 1.40. The number of hydrogen-bond donors (Lipinski definition) is 2. The van der Waals surface area contributed by atoms with Crippen molar-refractivity contribution in [3.8, 4) is 0 Å². The van der Waals surface area contributed by atoms with Crippen molar-refractivity contribution in [2.45, 2.75) is 69.2 Å². The van der Waals surface area contributed by atoms with Crippen LogP contribution in [0.1, 0.15) is 51.9 Å². The third kappa shape index (κ3) is 5.65. The minimum atomic E-state index is 0.600. The molecule has 0 saturated heterocycles. The van der Waals surface area contributed by atoms with Crippen LogP contribution in [-0.4, -0.2) is 61.1 Å². The predicted molar refractivity (Wildman–Crippen MR) is 98.9 cm³/mol. The van der Waals surface area contributed by atoms with E-state index in [9.17, 15) is 0 Å². The molecule has 0 aliphatic heterocycles. The minimum Gasteiger partial charge on any atom is -0.355 e. The lowest BCUT2D eigenvalue weighted by Gasteiger charge is -2.25. The van der Waals surface area contributed by atoms with Crippen LogP contribution in [0.3, 0.4) is 0 Å². The molecule has 2 N–H and O–H groups in total. The molecule has 2 saturated carbocycles. The molecule has 0 aromatic heterocycles. The monoisotopic (exact) mass is 326 g/mol. The van der Waals surface area contributed by atoms with Crippen LogP contribution in [0.2, 0.25) is 0 Å². The van der Waals surface area contributed by atoms with E-state index in [0.717, 1.165) is 30.3 Å². The first-order valence-corrected chi connectivity index (χ1v) is 10.1. The Bertz CT molecular complexity index is 342. The van der Waals surface area contributed by atoms with Gasteiger partial charge in [-0.05, 0) is 44.9 Å². The highest BCUT2D eigenvalue weighted by atomic mass is 32.2. The van der Waals surface area contributed by atoms with Crippen molar-refractivity contribution in [1.29, 1.82) is 0 Å². The lowest BCUT2D eigenvalue weighted by molar-refractivity contribution is 0.249. The van der Waals surface area contributed by atoms with Gasteiger partial charge in [0.2, 0.25) is 0 Å². The van der Waals surface area contributed by atoms with Gasteiger partial charge in [-0.2, -0.15) is 11.8 Å². The van der Waals surface area contributed by atoms with Crippen LogP contribution in [0.25, 0.3) is 0 Å². The van der Waals surface area contributed by atoms with E-state index in [2.05, 4.69) is 46.3 Å². The summed E-state index contributed by atoms with van der Waals surface area (Å²) in [5.74, 6) is 2.21. The van der Waals surface area contributed by atoms with Crippen LogP contribution in [0.5, 0.6) is 0 Å². The number of hydrogen-bond acceptors (Lipinski definition) is 3. The highest BCUT2D eigenvalue weighted by molar-refractivity contribution is 7.99. The molecule has 0 amide bonds. The highest BCUT2D eigenvalue weighted by Gasteiger charge is 2.25. The molecule has 2 rings (SSSR count). The number of nitrogens with zero attached hydrogens (tertiary/aromatic N) is 2. The lowest BCUT2D eigenvalue weighted by atomic mass is 10.2. The molecular formula is C17H34N4S. The molecule has 0 spiro atoms. The SMILES string of the molecule is CCSC1CCC(NC(=NC)NCCN(C)C2CCCC2)C1. The number of nitrogens with one attached hydrogen (secondary N) is 2. The summed E-state index contributed by atoms with van der Waals surface area (Å²) in [6.45, 7) is 4.34. The van der Waals surface area contributed by atoms with Gasteiger partial charge in [-0.1, -0.05) is 19.8 Å². The van der Waals surface area contributed by atoms with Crippen molar-refractivity contribution in [3.05, 3.63) is 0 Å². The maximum absolute atomic E-state index is 4.39. The molecule has 0 bridgehead atoms. The Morgan fingerprint density at radius 2 is 2.00 bits per heavy atom. The van der Waals surface area contributed by atoms with E-state index in [1.165, 1.54) is 50.7 Å². The molecule has 128 valence electrons. The number of aliphatic imine (C=N–C) groups is 1. The summed E-state index contributed by atoms with van der Waals surface area (Å²) in [4.78, 5) is 6.90. The van der Waals surface area contributed by atoms with Crippen LogP contribution in [0, 0.1) is 0 Å². The summed E-state index contributed by atoms with van der Waals surface area (Å²) in [5.41, 5.74) is 0. The quantitative estimate of drug-likeness (QED) is 0.557. The Labute approximate surface area is 140 Å². The van der Waals surface area contributed by atoms with Crippen LogP contribution in [0.15, 0.2) is 4.99 Å². The van der Waals surface area contributed by atoms with Crippen molar-refractivity contribution in [1.82, 2.24) is 15.5 Å². The topological polar surface area (TPSA) is 39.7 Å². The average molecular weight is 327 g/mol. The summed E-state index contributed by atoms with van der Waals surface area (Å²) in [7, 11) is 4.14. The fourth-order valence-corrected chi connectivity index (χ4v) is 4.87. The van der Waals surface area contributed by atoms with Crippen LogP contribution in [-0.2, 0) is 0 Å². The first-order chi connectivity index (χ1) is 10.7. The zero-order chi connectivity index (χ0) is 15.8. The van der Waals surface area contributed by atoms with Crippen molar-refractivity contribution in [2.75, 3.05) is 32.9 Å². The van der Waals surface area contributed by atoms with Gasteiger partial charge in [0.25, 0.3) is 0 Å². The second-order valence-corrected chi connectivity index (χ2v) is 8.23. The number of rotatable bonds is 7. The first kappa shape index (κ1) is 17.9. The molecule has 0 radical (unpaired) electrons. The Kier molecular flexibility index (Phi) is 7.87. The van der Waals surface area contributed by atoms with Gasteiger partial charge >= 0.3 is 0 Å². The molecular weight excluding hydrogens is 292 g/mol. The Morgan fingerprint density at radius 1 is 1.23 bits per heavy atom. The van der Waals surface area contributed by atoms with Crippen LogP contribution in [0.4, 0.5) is 0 Å². The molecule has 0 aromatic rings. The number of thioether (sulfide) groups is 1. The largest absolute Gasteiger partial charge is 0.355 e. The molecule has 2 fully saturated rings. The molecule has 2 aliphatic rings. The van der Waals surface area contributed by atoms with Crippen LogP contribution >= 0.6 is 11.8 Å². The van der Waals surface area contributed by atoms with Gasteiger partial charge in [-0.3, -0.25) is 4.99 Å². The van der Waals surface area contributed by atoms with E-state index in [-0.39, 0.29) is 0 Å². The van der Waals surface area contributed by atoms with E-state index >= 15 is 0 Å². The van der Waals surface area contributed by atoms with Gasteiger partial charge in [-0.25, -0.2) is 0 Å². The van der Waals surface area contributed by atoms with Crippen LogP contribution < -0.4 is 10.6 Å². The van der Waals surface area contributed by atoms with Gasteiger partial charge in [0, 0.05) is 37.5 Å². The molecule has 2 unspecified atom stereocenters.